The third-order valence-corrected chi connectivity index (χ3v) is 3.97. The Hall–Kier alpha value is -2.08. The van der Waals surface area contributed by atoms with Crippen LogP contribution >= 0.6 is 11.6 Å². The molecule has 2 aliphatic heterocycles. The van der Waals surface area contributed by atoms with Crippen molar-refractivity contribution >= 4 is 29.3 Å². The van der Waals surface area contributed by atoms with Gasteiger partial charge in [0, 0.05) is 10.7 Å². The lowest BCUT2D eigenvalue weighted by Gasteiger charge is -2.39. The average Bonchev–Trinajstić information content (AvgIpc) is 2.99. The van der Waals surface area contributed by atoms with Crippen molar-refractivity contribution in [2.75, 3.05) is 11.6 Å². The molecule has 1 unspecified atom stereocenters. The quantitative estimate of drug-likeness (QED) is 0.867. The summed E-state index contributed by atoms with van der Waals surface area (Å²) in [5.41, 5.74) is 7.72. The molecule has 1 aromatic rings. The minimum absolute atomic E-state index is 0.292. The zero-order valence-corrected chi connectivity index (χ0v) is 13.0. The largest absolute Gasteiger partial charge is 0.384 e. The maximum atomic E-state index is 14.5. The summed E-state index contributed by atoms with van der Waals surface area (Å²) in [7, 11) is 0. The normalized spacial score (nSPS) is 18.6. The van der Waals surface area contributed by atoms with E-state index in [0.717, 1.165) is 12.1 Å². The van der Waals surface area contributed by atoms with Crippen LogP contribution in [-0.4, -0.2) is 29.9 Å². The van der Waals surface area contributed by atoms with Crippen LogP contribution in [0.25, 0.3) is 0 Å². The van der Waals surface area contributed by atoms with Gasteiger partial charge in [-0.2, -0.15) is 5.10 Å². The van der Waals surface area contributed by atoms with Crippen molar-refractivity contribution in [1.82, 2.24) is 4.90 Å². The second-order valence-corrected chi connectivity index (χ2v) is 5.64. The first-order chi connectivity index (χ1) is 10.6. The molecular formula is C15H17ClFN5. The Morgan fingerprint density at radius 2 is 2.09 bits per heavy atom. The molecule has 5 nitrogen and oxygen atoms in total. The topological polar surface area (TPSA) is 57.2 Å². The van der Waals surface area contributed by atoms with Gasteiger partial charge in [0.1, 0.15) is 12.5 Å². The number of fused-ring (bicyclic) bond motifs is 1. The summed E-state index contributed by atoms with van der Waals surface area (Å²) in [6.07, 6.45) is 1.63. The maximum Gasteiger partial charge on any atom is 0.175 e. The third-order valence-electron chi connectivity index (χ3n) is 3.72. The molecule has 2 heterocycles. The highest BCUT2D eigenvalue weighted by Gasteiger charge is 2.34. The number of rotatable bonds is 4. The first kappa shape index (κ1) is 14.8. The molecule has 0 bridgehead atoms. The third kappa shape index (κ3) is 2.54. The van der Waals surface area contributed by atoms with E-state index in [1.165, 1.54) is 0 Å². The standard InChI is InChI=1S/C15H17ClFN5/c1-2-3-13(17)22-9-21(11-6-4-10(16)5-7-11)14(18)12-8-19-20-15(12)22/h4-8,13H,2-3,9,18H2,1H3. The van der Waals surface area contributed by atoms with Gasteiger partial charge in [0.05, 0.1) is 11.8 Å². The molecule has 0 spiro atoms. The summed E-state index contributed by atoms with van der Waals surface area (Å²) in [6, 6.07) is 7.28. The lowest BCUT2D eigenvalue weighted by atomic mass is 10.1. The van der Waals surface area contributed by atoms with Gasteiger partial charge in [0.2, 0.25) is 0 Å². The van der Waals surface area contributed by atoms with Crippen LogP contribution in [0.1, 0.15) is 19.8 Å². The lowest BCUT2D eigenvalue weighted by molar-refractivity contribution is 0.141. The van der Waals surface area contributed by atoms with Crippen molar-refractivity contribution in [1.29, 1.82) is 0 Å². The van der Waals surface area contributed by atoms with E-state index >= 15 is 0 Å². The van der Waals surface area contributed by atoms with Gasteiger partial charge in [-0.3, -0.25) is 0 Å². The van der Waals surface area contributed by atoms with Gasteiger partial charge in [0.25, 0.3) is 0 Å². The number of halogens is 2. The van der Waals surface area contributed by atoms with Crippen LogP contribution in [0.3, 0.4) is 0 Å². The monoisotopic (exact) mass is 321 g/mol. The van der Waals surface area contributed by atoms with E-state index in [2.05, 4.69) is 10.2 Å². The van der Waals surface area contributed by atoms with Crippen LogP contribution in [0.5, 0.6) is 0 Å². The SMILES string of the molecule is CCCC(F)N1CN(c2ccc(Cl)cc2)C(N)=C2C=NN=C21. The van der Waals surface area contributed by atoms with Gasteiger partial charge >= 0.3 is 0 Å². The van der Waals surface area contributed by atoms with Gasteiger partial charge in [0.15, 0.2) is 12.1 Å². The van der Waals surface area contributed by atoms with E-state index in [1.54, 1.807) is 23.2 Å². The Morgan fingerprint density at radius 3 is 2.77 bits per heavy atom. The number of amidine groups is 1. The van der Waals surface area contributed by atoms with E-state index in [0.29, 0.717) is 35.3 Å². The van der Waals surface area contributed by atoms with Crippen LogP contribution in [0.2, 0.25) is 5.02 Å². The van der Waals surface area contributed by atoms with Crippen LogP contribution < -0.4 is 10.6 Å². The molecule has 0 saturated carbocycles. The first-order valence-corrected chi connectivity index (χ1v) is 7.54. The van der Waals surface area contributed by atoms with Gasteiger partial charge in [-0.25, -0.2) is 4.39 Å². The van der Waals surface area contributed by atoms with Crippen molar-refractivity contribution in [3.63, 3.8) is 0 Å². The van der Waals surface area contributed by atoms with Crippen molar-refractivity contribution in [2.45, 2.75) is 26.1 Å². The number of alkyl halides is 1. The molecule has 0 aliphatic carbocycles. The van der Waals surface area contributed by atoms with Crippen LogP contribution in [0.15, 0.2) is 45.9 Å². The summed E-state index contributed by atoms with van der Waals surface area (Å²) in [5.74, 6) is 1.02. The average molecular weight is 322 g/mol. The second-order valence-electron chi connectivity index (χ2n) is 5.21. The Bertz CT molecular complexity index is 652. The smallest absolute Gasteiger partial charge is 0.175 e. The molecule has 0 saturated heterocycles. The Balaban J connectivity index is 1.97. The van der Waals surface area contributed by atoms with Crippen molar-refractivity contribution in [2.24, 2.45) is 15.9 Å². The number of benzene rings is 1. The number of nitrogens with two attached hydrogens (primary N) is 1. The second kappa shape index (κ2) is 5.96. The molecule has 7 heteroatoms. The summed E-state index contributed by atoms with van der Waals surface area (Å²) in [5, 5.41) is 8.55. The van der Waals surface area contributed by atoms with Crippen LogP contribution in [-0.2, 0) is 0 Å². The van der Waals surface area contributed by atoms with Crippen molar-refractivity contribution in [3.05, 3.63) is 40.7 Å². The lowest BCUT2D eigenvalue weighted by Crippen LogP contribution is -2.52. The number of hydrogen-bond acceptors (Lipinski definition) is 5. The zero-order valence-electron chi connectivity index (χ0n) is 12.2. The van der Waals surface area contributed by atoms with Crippen molar-refractivity contribution in [3.8, 4) is 0 Å². The van der Waals surface area contributed by atoms with Gasteiger partial charge in [-0.05, 0) is 30.7 Å². The highest BCUT2D eigenvalue weighted by molar-refractivity contribution is 6.30. The summed E-state index contributed by atoms with van der Waals surface area (Å²) < 4.78 is 14.5. The van der Waals surface area contributed by atoms with E-state index < -0.39 is 6.30 Å². The van der Waals surface area contributed by atoms with Gasteiger partial charge in [-0.1, -0.05) is 24.9 Å². The minimum atomic E-state index is -1.12. The summed E-state index contributed by atoms with van der Waals surface area (Å²) in [4.78, 5) is 3.43. The molecule has 22 heavy (non-hydrogen) atoms. The Morgan fingerprint density at radius 1 is 1.36 bits per heavy atom. The van der Waals surface area contributed by atoms with E-state index in [4.69, 9.17) is 17.3 Å². The molecule has 0 radical (unpaired) electrons. The minimum Gasteiger partial charge on any atom is -0.384 e. The fraction of sp³-hybridized carbons (Fsp3) is 0.333. The molecule has 3 rings (SSSR count). The Kier molecular flexibility index (Phi) is 4.02. The summed E-state index contributed by atoms with van der Waals surface area (Å²) in [6.45, 7) is 2.24. The fourth-order valence-corrected chi connectivity index (χ4v) is 2.67. The summed E-state index contributed by atoms with van der Waals surface area (Å²) >= 11 is 5.92. The number of anilines is 1. The maximum absolute atomic E-state index is 14.5. The zero-order chi connectivity index (χ0) is 15.7. The highest BCUT2D eigenvalue weighted by atomic mass is 35.5. The van der Waals surface area contributed by atoms with Crippen LogP contribution in [0.4, 0.5) is 10.1 Å². The number of hydrogen-bond donors (Lipinski definition) is 1. The molecule has 1 atom stereocenters. The molecule has 0 fully saturated rings. The molecular weight excluding hydrogens is 305 g/mol. The predicted molar refractivity (Wildman–Crippen MR) is 87.6 cm³/mol. The molecule has 0 amide bonds. The molecule has 2 N–H and O–H groups in total. The first-order valence-electron chi connectivity index (χ1n) is 7.16. The van der Waals surface area contributed by atoms with E-state index in [9.17, 15) is 4.39 Å². The predicted octanol–water partition coefficient (Wildman–Crippen LogP) is 3.08. The molecule has 0 aromatic heterocycles. The van der Waals surface area contributed by atoms with E-state index in [-0.39, 0.29) is 0 Å². The Labute approximate surface area is 133 Å². The number of nitrogens with zero attached hydrogens (tertiary/aromatic N) is 4. The van der Waals surface area contributed by atoms with Crippen molar-refractivity contribution < 1.29 is 4.39 Å². The molecule has 116 valence electrons. The molecule has 1 aromatic carbocycles. The highest BCUT2D eigenvalue weighted by Crippen LogP contribution is 2.29. The van der Waals surface area contributed by atoms with Crippen LogP contribution in [0, 0.1) is 0 Å². The van der Waals surface area contributed by atoms with E-state index in [1.807, 2.05) is 24.0 Å². The molecule has 2 aliphatic rings. The van der Waals surface area contributed by atoms with Gasteiger partial charge < -0.3 is 15.5 Å². The fourth-order valence-electron chi connectivity index (χ4n) is 2.54. The van der Waals surface area contributed by atoms with Gasteiger partial charge in [-0.15, -0.1) is 5.10 Å².